The molecule has 1 aromatic rings. The molecule has 3 N–H and O–H groups in total. The average molecular weight is 182 g/mol. The molecule has 0 radical (unpaired) electrons. The van der Waals surface area contributed by atoms with Crippen LogP contribution in [-0.4, -0.2) is 12.4 Å². The molecule has 0 amide bonds. The van der Waals surface area contributed by atoms with Gasteiger partial charge in [0.25, 0.3) is 0 Å². The minimum Gasteiger partial charge on any atom is -0.467 e. The van der Waals surface area contributed by atoms with Crippen LogP contribution in [0.25, 0.3) is 0 Å². The van der Waals surface area contributed by atoms with E-state index in [1.807, 2.05) is 12.1 Å². The molecule has 0 spiro atoms. The number of nitrogens with one attached hydrogen (secondary N) is 1. The van der Waals surface area contributed by atoms with Gasteiger partial charge in [-0.05, 0) is 18.6 Å². The van der Waals surface area contributed by atoms with E-state index in [2.05, 4.69) is 0 Å². The maximum Gasteiger partial charge on any atom is 0.129 e. The fourth-order valence-corrected chi connectivity index (χ4v) is 0.932. The predicted octanol–water partition coefficient (Wildman–Crippen LogP) is 1.51. The number of furan rings is 1. The minimum absolute atomic E-state index is 0.210. The average Bonchev–Trinajstić information content (AvgIpc) is 2.55. The van der Waals surface area contributed by atoms with Gasteiger partial charge in [0.05, 0.1) is 12.1 Å². The van der Waals surface area contributed by atoms with Gasteiger partial charge in [-0.1, -0.05) is 0 Å². The van der Waals surface area contributed by atoms with Crippen molar-refractivity contribution in [1.82, 2.24) is 0 Å². The Bertz CT molecular complexity index is 244. The highest BCUT2D eigenvalue weighted by Crippen LogP contribution is 2.02. The molecule has 1 aromatic heterocycles. The van der Waals surface area contributed by atoms with Crippen molar-refractivity contribution in [3.05, 3.63) is 24.2 Å². The molecule has 0 aliphatic rings. The van der Waals surface area contributed by atoms with Crippen LogP contribution in [0.15, 0.2) is 22.8 Å². The van der Waals surface area contributed by atoms with Crippen LogP contribution in [-0.2, 0) is 11.3 Å². The van der Waals surface area contributed by atoms with Gasteiger partial charge < -0.3 is 14.9 Å². The Morgan fingerprint density at radius 3 is 3.08 bits per heavy atom. The lowest BCUT2D eigenvalue weighted by atomic mass is 10.3. The second kappa shape index (κ2) is 5.37. The summed E-state index contributed by atoms with van der Waals surface area (Å²) in [5.41, 5.74) is 5.18. The zero-order valence-corrected chi connectivity index (χ0v) is 7.45. The van der Waals surface area contributed by atoms with Gasteiger partial charge in [0, 0.05) is 13.0 Å². The lowest BCUT2D eigenvalue weighted by Crippen LogP contribution is -2.10. The second-order valence-corrected chi connectivity index (χ2v) is 2.76. The fraction of sp³-hybridized carbons (Fsp3) is 0.444. The summed E-state index contributed by atoms with van der Waals surface area (Å²) in [6, 6.07) is 3.69. The van der Waals surface area contributed by atoms with Crippen molar-refractivity contribution in [2.45, 2.75) is 19.4 Å². The van der Waals surface area contributed by atoms with Crippen LogP contribution < -0.4 is 5.73 Å². The number of ether oxygens (including phenoxy) is 1. The molecule has 0 unspecified atom stereocenters. The topological polar surface area (TPSA) is 72.2 Å². The number of nitrogens with two attached hydrogens (primary N) is 1. The monoisotopic (exact) mass is 182 g/mol. The standard InChI is InChI=1S/C9H14N2O2/c10-9(11)4-2-5-12-7-8-3-1-6-13-8/h1,3,6H,2,4-5,7H2,(H3,10,11). The van der Waals surface area contributed by atoms with Crippen molar-refractivity contribution in [1.29, 1.82) is 5.41 Å². The Hall–Kier alpha value is -1.29. The fourth-order valence-electron chi connectivity index (χ4n) is 0.932. The highest BCUT2D eigenvalue weighted by molar-refractivity contribution is 5.76. The first kappa shape index (κ1) is 9.80. The molecule has 0 aliphatic carbocycles. The quantitative estimate of drug-likeness (QED) is 0.398. The van der Waals surface area contributed by atoms with E-state index in [4.69, 9.17) is 20.3 Å². The third kappa shape index (κ3) is 4.32. The van der Waals surface area contributed by atoms with E-state index in [1.54, 1.807) is 6.26 Å². The van der Waals surface area contributed by atoms with E-state index in [-0.39, 0.29) is 5.84 Å². The van der Waals surface area contributed by atoms with Gasteiger partial charge in [-0.25, -0.2) is 0 Å². The molecule has 0 bridgehead atoms. The third-order valence-electron chi connectivity index (χ3n) is 1.56. The van der Waals surface area contributed by atoms with Crippen LogP contribution >= 0.6 is 0 Å². The van der Waals surface area contributed by atoms with Crippen molar-refractivity contribution in [3.8, 4) is 0 Å². The second-order valence-electron chi connectivity index (χ2n) is 2.76. The molecule has 0 fully saturated rings. The van der Waals surface area contributed by atoms with Gasteiger partial charge in [0.2, 0.25) is 0 Å². The molecule has 0 atom stereocenters. The molecule has 72 valence electrons. The number of amidine groups is 1. The molecule has 1 heterocycles. The molecular formula is C9H14N2O2. The van der Waals surface area contributed by atoms with Crippen LogP contribution in [0, 0.1) is 5.41 Å². The summed E-state index contributed by atoms with van der Waals surface area (Å²) in [6.07, 6.45) is 3.00. The van der Waals surface area contributed by atoms with Crippen molar-refractivity contribution in [2.24, 2.45) is 5.73 Å². The first-order valence-electron chi connectivity index (χ1n) is 4.22. The summed E-state index contributed by atoms with van der Waals surface area (Å²) in [4.78, 5) is 0. The van der Waals surface area contributed by atoms with Crippen LogP contribution in [0.2, 0.25) is 0 Å². The first-order valence-corrected chi connectivity index (χ1v) is 4.22. The van der Waals surface area contributed by atoms with E-state index in [9.17, 15) is 0 Å². The SMILES string of the molecule is N=C(N)CCCOCc1ccco1. The smallest absolute Gasteiger partial charge is 0.129 e. The summed E-state index contributed by atoms with van der Waals surface area (Å²) in [5, 5.41) is 6.97. The van der Waals surface area contributed by atoms with E-state index >= 15 is 0 Å². The van der Waals surface area contributed by atoms with Gasteiger partial charge >= 0.3 is 0 Å². The molecule has 0 aromatic carbocycles. The lowest BCUT2D eigenvalue weighted by Gasteiger charge is -2.00. The molecule has 0 saturated carbocycles. The summed E-state index contributed by atoms with van der Waals surface area (Å²) >= 11 is 0. The zero-order chi connectivity index (χ0) is 9.52. The zero-order valence-electron chi connectivity index (χ0n) is 7.45. The maximum absolute atomic E-state index is 6.97. The van der Waals surface area contributed by atoms with Crippen molar-refractivity contribution >= 4 is 5.84 Å². The van der Waals surface area contributed by atoms with Gasteiger partial charge in [-0.15, -0.1) is 0 Å². The predicted molar refractivity (Wildman–Crippen MR) is 49.5 cm³/mol. The molecule has 13 heavy (non-hydrogen) atoms. The summed E-state index contributed by atoms with van der Waals surface area (Å²) in [6.45, 7) is 1.10. The van der Waals surface area contributed by atoms with Crippen molar-refractivity contribution < 1.29 is 9.15 Å². The molecule has 4 nitrogen and oxygen atoms in total. The number of hydrogen-bond acceptors (Lipinski definition) is 3. The molecule has 0 aliphatic heterocycles. The summed E-state index contributed by atoms with van der Waals surface area (Å²) < 4.78 is 10.4. The highest BCUT2D eigenvalue weighted by Gasteiger charge is 1.95. The molecular weight excluding hydrogens is 168 g/mol. The maximum atomic E-state index is 6.97. The normalized spacial score (nSPS) is 10.2. The van der Waals surface area contributed by atoms with Crippen LogP contribution in [0.4, 0.5) is 0 Å². The van der Waals surface area contributed by atoms with Crippen molar-refractivity contribution in [3.63, 3.8) is 0 Å². The minimum atomic E-state index is 0.210. The van der Waals surface area contributed by atoms with Gasteiger partial charge in [-0.3, -0.25) is 5.41 Å². The van der Waals surface area contributed by atoms with E-state index in [1.165, 1.54) is 0 Å². The molecule has 1 rings (SSSR count). The van der Waals surface area contributed by atoms with Crippen LogP contribution in [0.5, 0.6) is 0 Å². The Balaban J connectivity index is 1.99. The van der Waals surface area contributed by atoms with Gasteiger partial charge in [0.1, 0.15) is 12.4 Å². The van der Waals surface area contributed by atoms with Crippen molar-refractivity contribution in [2.75, 3.05) is 6.61 Å². The molecule has 0 saturated heterocycles. The van der Waals surface area contributed by atoms with Gasteiger partial charge in [0.15, 0.2) is 0 Å². The Morgan fingerprint density at radius 2 is 2.46 bits per heavy atom. The van der Waals surface area contributed by atoms with E-state index < -0.39 is 0 Å². The Labute approximate surface area is 77.2 Å². The summed E-state index contributed by atoms with van der Waals surface area (Å²) in [5.74, 6) is 1.03. The number of hydrogen-bond donors (Lipinski definition) is 2. The lowest BCUT2D eigenvalue weighted by molar-refractivity contribution is 0.105. The number of rotatable bonds is 6. The largest absolute Gasteiger partial charge is 0.467 e. The van der Waals surface area contributed by atoms with Crippen LogP contribution in [0.1, 0.15) is 18.6 Å². The van der Waals surface area contributed by atoms with E-state index in [0.717, 1.165) is 12.2 Å². The molecule has 4 heteroatoms. The Morgan fingerprint density at radius 1 is 1.62 bits per heavy atom. The Kier molecular flexibility index (Phi) is 4.05. The third-order valence-corrected chi connectivity index (χ3v) is 1.56. The highest BCUT2D eigenvalue weighted by atomic mass is 16.5. The first-order chi connectivity index (χ1) is 6.29. The van der Waals surface area contributed by atoms with E-state index in [0.29, 0.717) is 19.6 Å². The van der Waals surface area contributed by atoms with Crippen LogP contribution in [0.3, 0.4) is 0 Å². The van der Waals surface area contributed by atoms with Gasteiger partial charge in [-0.2, -0.15) is 0 Å². The summed E-state index contributed by atoms with van der Waals surface area (Å²) in [7, 11) is 0.